The van der Waals surface area contributed by atoms with Crippen LogP contribution in [0.1, 0.15) is 120 Å². The van der Waals surface area contributed by atoms with E-state index >= 15 is 0 Å². The molecule has 0 bridgehead atoms. The molecule has 0 heterocycles. The number of ether oxygens (including phenoxy) is 1. The van der Waals surface area contributed by atoms with Gasteiger partial charge in [0.05, 0.1) is 5.41 Å². The van der Waals surface area contributed by atoms with Crippen LogP contribution in [0, 0.1) is 50.2 Å². The van der Waals surface area contributed by atoms with E-state index in [4.69, 9.17) is 4.74 Å². The number of aldehydes is 1. The molecule has 0 aliphatic heterocycles. The van der Waals surface area contributed by atoms with Crippen LogP contribution in [-0.2, 0) is 19.1 Å². The highest BCUT2D eigenvalue weighted by molar-refractivity contribution is 5.96. The van der Waals surface area contributed by atoms with E-state index < -0.39 is 33.9 Å². The molecule has 1 amide bonds. The van der Waals surface area contributed by atoms with Crippen molar-refractivity contribution in [1.29, 1.82) is 0 Å². The van der Waals surface area contributed by atoms with Crippen LogP contribution in [0.2, 0.25) is 0 Å². The molecule has 0 saturated heterocycles. The van der Waals surface area contributed by atoms with Crippen LogP contribution in [0.3, 0.4) is 0 Å². The number of aliphatic carboxylic acids is 1. The second-order valence-electron chi connectivity index (χ2n) is 17.3. The molecular weight excluding hydrogens is 530 g/mol. The first-order chi connectivity index (χ1) is 19.2. The number of allylic oxidation sites excluding steroid dienone is 2. The van der Waals surface area contributed by atoms with Crippen LogP contribution in [0.25, 0.3) is 0 Å². The first kappa shape index (κ1) is 31.3. The summed E-state index contributed by atoms with van der Waals surface area (Å²) in [5.41, 5.74) is -1.97. The van der Waals surface area contributed by atoms with Crippen molar-refractivity contribution in [3.05, 3.63) is 11.6 Å². The summed E-state index contributed by atoms with van der Waals surface area (Å²) in [6.07, 6.45) is 9.57. The molecule has 10 atom stereocenters. The molecule has 4 saturated carbocycles. The number of carbonyl (C=O) groups excluding carboxylic acids is 3. The van der Waals surface area contributed by atoms with E-state index in [-0.39, 0.29) is 45.8 Å². The lowest BCUT2D eigenvalue weighted by Gasteiger charge is -2.70. The molecule has 5 aliphatic rings. The van der Waals surface area contributed by atoms with Crippen molar-refractivity contribution in [2.24, 2.45) is 50.2 Å². The summed E-state index contributed by atoms with van der Waals surface area (Å²) in [4.78, 5) is 52.6. The van der Waals surface area contributed by atoms with Gasteiger partial charge in [-0.15, -0.1) is 0 Å². The molecule has 7 nitrogen and oxygen atoms in total. The number of hydrogen-bond acceptors (Lipinski definition) is 5. The molecule has 4 fully saturated rings. The number of ketones is 1. The fraction of sp³-hybridized carbons (Fsp3) is 0.829. The summed E-state index contributed by atoms with van der Waals surface area (Å²) < 4.78 is 5.55. The van der Waals surface area contributed by atoms with E-state index in [1.165, 1.54) is 5.57 Å². The van der Waals surface area contributed by atoms with Gasteiger partial charge in [0.25, 0.3) is 0 Å². The monoisotopic (exact) mass is 583 g/mol. The van der Waals surface area contributed by atoms with Gasteiger partial charge in [-0.05, 0) is 125 Å². The maximum atomic E-state index is 14.5. The Morgan fingerprint density at radius 3 is 2.21 bits per heavy atom. The number of carboxylic acids is 1. The Hall–Kier alpha value is -2.18. The highest BCUT2D eigenvalue weighted by Gasteiger charge is 2.71. The molecule has 0 spiro atoms. The molecular formula is C35H53NO6. The zero-order valence-corrected chi connectivity index (χ0v) is 27.3. The van der Waals surface area contributed by atoms with Gasteiger partial charge in [0.2, 0.25) is 0 Å². The molecule has 7 heteroatoms. The van der Waals surface area contributed by atoms with Gasteiger partial charge < -0.3 is 20.0 Å². The number of fused-ring (bicyclic) bond motifs is 7. The van der Waals surface area contributed by atoms with E-state index in [0.717, 1.165) is 44.8 Å². The Balaban J connectivity index is 1.52. The molecule has 42 heavy (non-hydrogen) atoms. The average molecular weight is 584 g/mol. The SMILES string of the molecule is CC(C)(C)OC(=O)N[C@H]1CC[C@]2(C)[C@H]3C(=O)C=C4[C@@H]5C[C@@](C)(C(=O)O)CC[C@]5(C)CC[C@@]4(C)[C@]3(C)CC[C@H]2[C@]1(C)C=O. The normalized spacial score (nSPS) is 48.4. The third-order valence-electron chi connectivity index (χ3n) is 13.8. The first-order valence-corrected chi connectivity index (χ1v) is 16.1. The van der Waals surface area contributed by atoms with Crippen LogP contribution < -0.4 is 5.32 Å². The smallest absolute Gasteiger partial charge is 0.407 e. The van der Waals surface area contributed by atoms with Crippen molar-refractivity contribution in [2.45, 2.75) is 132 Å². The summed E-state index contributed by atoms with van der Waals surface area (Å²) in [5, 5.41) is 13.2. The molecule has 0 aromatic heterocycles. The highest BCUT2D eigenvalue weighted by atomic mass is 16.6. The number of amides is 1. The molecule has 0 aromatic carbocycles. The topological polar surface area (TPSA) is 110 Å². The largest absolute Gasteiger partial charge is 0.481 e. The zero-order chi connectivity index (χ0) is 31.3. The Labute approximate surface area is 252 Å². The Morgan fingerprint density at radius 2 is 1.62 bits per heavy atom. The van der Waals surface area contributed by atoms with Gasteiger partial charge in [0, 0.05) is 17.4 Å². The lowest BCUT2D eigenvalue weighted by atomic mass is 9.33. The Bertz CT molecular complexity index is 1230. The van der Waals surface area contributed by atoms with Crippen molar-refractivity contribution >= 4 is 24.1 Å². The molecule has 0 aromatic rings. The van der Waals surface area contributed by atoms with Crippen molar-refractivity contribution in [3.63, 3.8) is 0 Å². The van der Waals surface area contributed by atoms with Gasteiger partial charge in [0.1, 0.15) is 11.9 Å². The number of nitrogens with one attached hydrogen (secondary N) is 1. The van der Waals surface area contributed by atoms with E-state index in [9.17, 15) is 24.3 Å². The van der Waals surface area contributed by atoms with Gasteiger partial charge in [-0.25, -0.2) is 4.79 Å². The quantitative estimate of drug-likeness (QED) is 0.342. The van der Waals surface area contributed by atoms with Crippen molar-refractivity contribution in [1.82, 2.24) is 5.32 Å². The predicted molar refractivity (Wildman–Crippen MR) is 161 cm³/mol. The lowest BCUT2D eigenvalue weighted by molar-refractivity contribution is -0.190. The molecule has 0 radical (unpaired) electrons. The van der Waals surface area contributed by atoms with Crippen LogP contribution in [0.4, 0.5) is 4.79 Å². The Kier molecular flexibility index (Phi) is 7.00. The third kappa shape index (κ3) is 4.25. The third-order valence-corrected chi connectivity index (χ3v) is 13.8. The zero-order valence-electron chi connectivity index (χ0n) is 27.3. The number of alkyl carbamates (subject to hydrolysis) is 1. The molecule has 2 N–H and O–H groups in total. The van der Waals surface area contributed by atoms with E-state index in [0.29, 0.717) is 19.3 Å². The number of rotatable bonds is 3. The predicted octanol–water partition coefficient (Wildman–Crippen LogP) is 7.12. The first-order valence-electron chi connectivity index (χ1n) is 16.1. The average Bonchev–Trinajstić information content (AvgIpc) is 2.87. The fourth-order valence-electron chi connectivity index (χ4n) is 11.0. The van der Waals surface area contributed by atoms with E-state index in [2.05, 4.69) is 33.0 Å². The van der Waals surface area contributed by atoms with Crippen molar-refractivity contribution in [3.8, 4) is 0 Å². The van der Waals surface area contributed by atoms with E-state index in [1.807, 2.05) is 40.7 Å². The standard InChI is InChI=1S/C35H53NO6/c1-29(2,3)42-28(41)36-25-11-12-32(6)24(33(25,7)20-37)10-13-35(9)26(32)23(38)18-21-22-19-31(5,27(39)40)15-14-30(22,4)16-17-34(21,35)8/h18,20,22,24-26H,10-17,19H2,1-9H3,(H,36,41)(H,39,40)/t22-,24+,25-,26+,30+,31-,32-,33-,34+,35+/m0/s1. The van der Waals surface area contributed by atoms with Gasteiger partial charge in [0.15, 0.2) is 5.78 Å². The second-order valence-corrected chi connectivity index (χ2v) is 17.3. The van der Waals surface area contributed by atoms with Crippen LogP contribution in [0.15, 0.2) is 11.6 Å². The Morgan fingerprint density at radius 1 is 0.976 bits per heavy atom. The summed E-state index contributed by atoms with van der Waals surface area (Å²) >= 11 is 0. The van der Waals surface area contributed by atoms with Crippen LogP contribution in [0.5, 0.6) is 0 Å². The van der Waals surface area contributed by atoms with Crippen molar-refractivity contribution < 1.29 is 29.0 Å². The van der Waals surface area contributed by atoms with Crippen molar-refractivity contribution in [2.75, 3.05) is 0 Å². The lowest BCUT2D eigenvalue weighted by Crippen LogP contribution is -2.68. The van der Waals surface area contributed by atoms with Gasteiger partial charge >= 0.3 is 12.1 Å². The maximum absolute atomic E-state index is 14.5. The molecule has 0 unspecified atom stereocenters. The number of carbonyl (C=O) groups is 4. The highest BCUT2D eigenvalue weighted by Crippen LogP contribution is 2.75. The second kappa shape index (κ2) is 9.41. The van der Waals surface area contributed by atoms with Gasteiger partial charge in [-0.2, -0.15) is 0 Å². The van der Waals surface area contributed by atoms with E-state index in [1.54, 1.807) is 0 Å². The molecule has 5 aliphatic carbocycles. The fourth-order valence-corrected chi connectivity index (χ4v) is 11.0. The summed E-state index contributed by atoms with van der Waals surface area (Å²) in [5.74, 6) is -0.807. The summed E-state index contributed by atoms with van der Waals surface area (Å²) in [6, 6.07) is -0.362. The van der Waals surface area contributed by atoms with Gasteiger partial charge in [-0.1, -0.05) is 40.2 Å². The summed E-state index contributed by atoms with van der Waals surface area (Å²) in [7, 11) is 0. The minimum absolute atomic E-state index is 0.00632. The minimum Gasteiger partial charge on any atom is -0.481 e. The molecule has 5 rings (SSSR count). The van der Waals surface area contributed by atoms with Gasteiger partial charge in [-0.3, -0.25) is 9.59 Å². The van der Waals surface area contributed by atoms with Crippen LogP contribution in [-0.4, -0.2) is 40.9 Å². The summed E-state index contributed by atoms with van der Waals surface area (Å²) in [6.45, 7) is 18.5. The number of carboxylic acid groups (broad SMARTS) is 1. The van der Waals surface area contributed by atoms with Crippen LogP contribution >= 0.6 is 0 Å². The number of hydrogen-bond donors (Lipinski definition) is 2. The molecule has 234 valence electrons. The minimum atomic E-state index is -0.825. The maximum Gasteiger partial charge on any atom is 0.407 e.